The molecule has 0 bridgehead atoms. The van der Waals surface area contributed by atoms with Crippen molar-refractivity contribution in [3.05, 3.63) is 59.2 Å². The molecule has 0 spiro atoms. The molecule has 0 radical (unpaired) electrons. The lowest BCUT2D eigenvalue weighted by Gasteiger charge is -2.33. The van der Waals surface area contributed by atoms with Gasteiger partial charge in [-0.05, 0) is 49.6 Å². The average molecular weight is 317 g/mol. The van der Waals surface area contributed by atoms with Crippen LogP contribution in [0.4, 0.5) is 5.69 Å². The van der Waals surface area contributed by atoms with Crippen LogP contribution in [0.2, 0.25) is 0 Å². The van der Waals surface area contributed by atoms with Gasteiger partial charge in [0.25, 0.3) is 10.0 Å². The van der Waals surface area contributed by atoms with Crippen molar-refractivity contribution in [2.24, 2.45) is 0 Å². The Bertz CT molecular complexity index is 814. The molecule has 1 heterocycles. The van der Waals surface area contributed by atoms with Crippen LogP contribution in [0.5, 0.6) is 0 Å². The van der Waals surface area contributed by atoms with Crippen LogP contribution in [0.25, 0.3) is 0 Å². The number of hydrogen-bond acceptors (Lipinski definition) is 3. The van der Waals surface area contributed by atoms with Gasteiger partial charge in [-0.15, -0.1) is 0 Å². The van der Waals surface area contributed by atoms with Crippen molar-refractivity contribution < 1.29 is 13.5 Å². The second kappa shape index (κ2) is 5.41. The number of nitrogens with zero attached hydrogens (tertiary/aromatic N) is 1. The molecule has 5 heteroatoms. The summed E-state index contributed by atoms with van der Waals surface area (Å²) in [5.74, 6) is 0. The van der Waals surface area contributed by atoms with E-state index in [1.165, 1.54) is 4.31 Å². The summed E-state index contributed by atoms with van der Waals surface area (Å²) in [7, 11) is -3.62. The van der Waals surface area contributed by atoms with Gasteiger partial charge in [0, 0.05) is 12.1 Å². The number of aliphatic hydroxyl groups excluding tert-OH is 1. The molecule has 2 aromatic carbocycles. The van der Waals surface area contributed by atoms with Gasteiger partial charge in [0.2, 0.25) is 0 Å². The van der Waals surface area contributed by atoms with E-state index in [1.54, 1.807) is 30.3 Å². The van der Waals surface area contributed by atoms with Crippen molar-refractivity contribution in [2.75, 3.05) is 10.8 Å². The van der Waals surface area contributed by atoms with Crippen molar-refractivity contribution >= 4 is 15.7 Å². The van der Waals surface area contributed by atoms with Crippen LogP contribution in [-0.4, -0.2) is 20.1 Å². The van der Waals surface area contributed by atoms with E-state index in [2.05, 4.69) is 0 Å². The molecule has 1 N–H and O–H groups in total. The van der Waals surface area contributed by atoms with E-state index in [0.29, 0.717) is 22.6 Å². The molecule has 0 aromatic heterocycles. The molecule has 2 aromatic rings. The maximum absolute atomic E-state index is 13.0. The molecule has 22 heavy (non-hydrogen) atoms. The van der Waals surface area contributed by atoms with Crippen LogP contribution in [0.1, 0.15) is 29.2 Å². The van der Waals surface area contributed by atoms with E-state index >= 15 is 0 Å². The number of fused-ring (bicyclic) bond motifs is 1. The highest BCUT2D eigenvalue weighted by Crippen LogP contribution is 2.36. The summed E-state index contributed by atoms with van der Waals surface area (Å²) in [4.78, 5) is 0.293. The van der Waals surface area contributed by atoms with Gasteiger partial charge >= 0.3 is 0 Å². The minimum absolute atomic E-state index is 0.285. The summed E-state index contributed by atoms with van der Waals surface area (Å²) in [6, 6.07) is 12.3. The first-order valence-electron chi connectivity index (χ1n) is 7.28. The average Bonchev–Trinajstić information content (AvgIpc) is 2.50. The highest BCUT2D eigenvalue weighted by atomic mass is 32.2. The summed E-state index contributed by atoms with van der Waals surface area (Å²) in [5, 5.41) is 10.1. The number of aryl methyl sites for hydroxylation is 2. The number of hydrogen-bond donors (Lipinski definition) is 1. The lowest BCUT2D eigenvalue weighted by Crippen LogP contribution is -2.36. The normalized spacial score (nSPS) is 18.1. The van der Waals surface area contributed by atoms with Crippen molar-refractivity contribution in [3.63, 3.8) is 0 Å². The van der Waals surface area contributed by atoms with Gasteiger partial charge in [-0.25, -0.2) is 8.42 Å². The summed E-state index contributed by atoms with van der Waals surface area (Å²) >= 11 is 0. The second-order valence-corrected chi connectivity index (χ2v) is 7.55. The van der Waals surface area contributed by atoms with Crippen molar-refractivity contribution in [3.8, 4) is 0 Å². The Balaban J connectivity index is 2.10. The van der Waals surface area contributed by atoms with Crippen molar-refractivity contribution in [2.45, 2.75) is 31.3 Å². The van der Waals surface area contributed by atoms with E-state index in [9.17, 15) is 13.5 Å². The standard InChI is InChI=1S/C17H19NO3S/c1-12-7-8-14(11-13(12)2)22(20,21)18-10-9-17(19)15-5-3-4-6-16(15)18/h3-8,11,17,19H,9-10H2,1-2H3. The van der Waals surface area contributed by atoms with Gasteiger partial charge < -0.3 is 5.11 Å². The number of aliphatic hydroxyl groups is 1. The third-order valence-corrected chi connectivity index (χ3v) is 6.05. The summed E-state index contributed by atoms with van der Waals surface area (Å²) < 4.78 is 27.3. The van der Waals surface area contributed by atoms with Gasteiger partial charge in [-0.3, -0.25) is 4.31 Å². The third kappa shape index (κ3) is 2.40. The molecule has 3 rings (SSSR count). The highest BCUT2D eigenvalue weighted by molar-refractivity contribution is 7.92. The van der Waals surface area contributed by atoms with Crippen LogP contribution in [-0.2, 0) is 10.0 Å². The number of anilines is 1. The molecule has 1 atom stereocenters. The fourth-order valence-corrected chi connectivity index (χ4v) is 4.35. The minimum Gasteiger partial charge on any atom is -0.388 e. The zero-order chi connectivity index (χ0) is 15.9. The lowest BCUT2D eigenvalue weighted by molar-refractivity contribution is 0.166. The van der Waals surface area contributed by atoms with Crippen LogP contribution >= 0.6 is 0 Å². The molecule has 116 valence electrons. The predicted octanol–water partition coefficient (Wildman–Crippen LogP) is 2.94. The first-order valence-corrected chi connectivity index (χ1v) is 8.72. The summed E-state index contributed by atoms with van der Waals surface area (Å²) in [6.45, 7) is 4.15. The number of sulfonamides is 1. The first kappa shape index (κ1) is 15.1. The molecule has 1 aliphatic heterocycles. The quantitative estimate of drug-likeness (QED) is 0.926. The number of benzene rings is 2. The Labute approximate surface area is 131 Å². The molecule has 1 unspecified atom stereocenters. The highest BCUT2D eigenvalue weighted by Gasteiger charge is 2.32. The fraction of sp³-hybridized carbons (Fsp3) is 0.294. The molecular weight excluding hydrogens is 298 g/mol. The van der Waals surface area contributed by atoms with E-state index < -0.39 is 16.1 Å². The van der Waals surface area contributed by atoms with Crippen molar-refractivity contribution in [1.82, 2.24) is 0 Å². The zero-order valence-corrected chi connectivity index (χ0v) is 13.5. The molecular formula is C17H19NO3S. The minimum atomic E-state index is -3.62. The second-order valence-electron chi connectivity index (χ2n) is 5.69. The van der Waals surface area contributed by atoms with E-state index in [0.717, 1.165) is 11.1 Å². The number of rotatable bonds is 2. The maximum atomic E-state index is 13.0. The van der Waals surface area contributed by atoms with E-state index in [4.69, 9.17) is 0 Å². The largest absolute Gasteiger partial charge is 0.388 e. The van der Waals surface area contributed by atoms with Crippen molar-refractivity contribution in [1.29, 1.82) is 0 Å². The van der Waals surface area contributed by atoms with Gasteiger partial charge in [-0.2, -0.15) is 0 Å². The Morgan fingerprint density at radius 2 is 1.82 bits per heavy atom. The molecule has 0 amide bonds. The van der Waals surface area contributed by atoms with Crippen LogP contribution < -0.4 is 4.31 Å². The SMILES string of the molecule is Cc1ccc(S(=O)(=O)N2CCC(O)c3ccccc32)cc1C. The van der Waals surface area contributed by atoms with Crippen LogP contribution in [0.3, 0.4) is 0 Å². The van der Waals surface area contributed by atoms with Crippen LogP contribution in [0, 0.1) is 13.8 Å². The van der Waals surface area contributed by atoms with Gasteiger partial charge in [0.05, 0.1) is 16.7 Å². The lowest BCUT2D eigenvalue weighted by atomic mass is 10.0. The molecule has 1 aliphatic rings. The third-order valence-electron chi connectivity index (χ3n) is 4.24. The molecule has 0 saturated heterocycles. The zero-order valence-electron chi connectivity index (χ0n) is 12.7. The van der Waals surface area contributed by atoms with Crippen LogP contribution in [0.15, 0.2) is 47.4 Å². The molecule has 0 saturated carbocycles. The Hall–Kier alpha value is -1.85. The van der Waals surface area contributed by atoms with E-state index in [-0.39, 0.29) is 6.54 Å². The van der Waals surface area contributed by atoms with Gasteiger partial charge in [0.15, 0.2) is 0 Å². The fourth-order valence-electron chi connectivity index (χ4n) is 2.76. The summed E-state index contributed by atoms with van der Waals surface area (Å²) in [6.07, 6.45) is -0.205. The molecule has 4 nitrogen and oxygen atoms in total. The van der Waals surface area contributed by atoms with Gasteiger partial charge in [-0.1, -0.05) is 24.3 Å². The molecule has 0 fully saturated rings. The summed E-state index contributed by atoms with van der Waals surface area (Å²) in [5.41, 5.74) is 3.25. The van der Waals surface area contributed by atoms with E-state index in [1.807, 2.05) is 26.0 Å². The predicted molar refractivity (Wildman–Crippen MR) is 86.5 cm³/mol. The maximum Gasteiger partial charge on any atom is 0.264 e. The Morgan fingerprint density at radius 1 is 1.09 bits per heavy atom. The Morgan fingerprint density at radius 3 is 2.55 bits per heavy atom. The monoisotopic (exact) mass is 317 g/mol. The topological polar surface area (TPSA) is 57.6 Å². The van der Waals surface area contributed by atoms with Gasteiger partial charge in [0.1, 0.15) is 0 Å². The smallest absolute Gasteiger partial charge is 0.264 e. The number of para-hydroxylation sites is 1. The first-order chi connectivity index (χ1) is 10.4. The Kier molecular flexibility index (Phi) is 3.70. The molecule has 0 aliphatic carbocycles.